The van der Waals surface area contributed by atoms with Crippen LogP contribution in [-0.2, 0) is 4.79 Å². The number of nitrogens with zero attached hydrogens (tertiary/aromatic N) is 1. The highest BCUT2D eigenvalue weighted by Gasteiger charge is 2.34. The van der Waals surface area contributed by atoms with E-state index in [0.29, 0.717) is 44.9 Å². The first-order chi connectivity index (χ1) is 10.8. The number of nitrogens with one attached hydrogen (secondary N) is 1. The summed E-state index contributed by atoms with van der Waals surface area (Å²) in [6.07, 6.45) is -0.360. The predicted octanol–water partition coefficient (Wildman–Crippen LogP) is 2.53. The minimum absolute atomic E-state index is 0.000456. The molecule has 0 aromatic carbocycles. The molecule has 0 spiro atoms. The molecule has 23 heavy (non-hydrogen) atoms. The summed E-state index contributed by atoms with van der Waals surface area (Å²) in [5.41, 5.74) is 5.26. The van der Waals surface area contributed by atoms with Crippen LogP contribution in [0.1, 0.15) is 46.0 Å². The number of rotatable bonds is 8. The van der Waals surface area contributed by atoms with Crippen molar-refractivity contribution >= 4 is 5.91 Å². The molecule has 4 nitrogen and oxygen atoms in total. The molecule has 1 rings (SSSR count). The van der Waals surface area contributed by atoms with E-state index in [1.54, 1.807) is 0 Å². The fraction of sp³-hybridized carbons (Fsp3) is 0.938. The van der Waals surface area contributed by atoms with E-state index >= 15 is 0 Å². The molecule has 0 aromatic rings. The number of carbonyl (C=O) groups is 1. The molecule has 3 N–H and O–H groups in total. The number of likely N-dealkylation sites (tertiary alicyclic amines) is 1. The van der Waals surface area contributed by atoms with Gasteiger partial charge >= 0.3 is 6.18 Å². The van der Waals surface area contributed by atoms with Gasteiger partial charge in [-0.15, -0.1) is 0 Å². The van der Waals surface area contributed by atoms with Gasteiger partial charge < -0.3 is 11.1 Å². The lowest BCUT2D eigenvalue weighted by Gasteiger charge is -2.33. The number of hydrogen-bond acceptors (Lipinski definition) is 3. The Labute approximate surface area is 137 Å². The first kappa shape index (κ1) is 20.2. The quantitative estimate of drug-likeness (QED) is 0.716. The smallest absolute Gasteiger partial charge is 0.356 e. The monoisotopic (exact) mass is 337 g/mol. The highest BCUT2D eigenvalue weighted by atomic mass is 19.4. The van der Waals surface area contributed by atoms with Crippen LogP contribution in [-0.4, -0.2) is 49.7 Å². The van der Waals surface area contributed by atoms with Crippen LogP contribution in [0.4, 0.5) is 13.2 Å². The topological polar surface area (TPSA) is 58.4 Å². The maximum absolute atomic E-state index is 12.3. The molecule has 0 unspecified atom stereocenters. The van der Waals surface area contributed by atoms with Gasteiger partial charge in [-0.05, 0) is 51.1 Å². The van der Waals surface area contributed by atoms with Crippen molar-refractivity contribution in [3.63, 3.8) is 0 Å². The van der Waals surface area contributed by atoms with E-state index in [4.69, 9.17) is 5.73 Å². The summed E-state index contributed by atoms with van der Waals surface area (Å²) in [6, 6.07) is 0. The summed E-state index contributed by atoms with van der Waals surface area (Å²) in [4.78, 5) is 13.7. The van der Waals surface area contributed by atoms with Gasteiger partial charge in [-0.2, -0.15) is 13.2 Å². The normalized spacial score (nSPS) is 18.2. The van der Waals surface area contributed by atoms with Crippen molar-refractivity contribution in [3.8, 4) is 0 Å². The van der Waals surface area contributed by atoms with Gasteiger partial charge in [0.25, 0.3) is 0 Å². The molecule has 1 aliphatic rings. The molecule has 0 radical (unpaired) electrons. The summed E-state index contributed by atoms with van der Waals surface area (Å²) in [5, 5.41) is 2.96. The van der Waals surface area contributed by atoms with Crippen molar-refractivity contribution in [2.75, 3.05) is 32.7 Å². The Bertz CT molecular complexity index is 354. The Morgan fingerprint density at radius 2 is 1.78 bits per heavy atom. The Morgan fingerprint density at radius 1 is 1.22 bits per heavy atom. The molecule has 0 aromatic heterocycles. The van der Waals surface area contributed by atoms with Crippen LogP contribution < -0.4 is 11.1 Å². The van der Waals surface area contributed by atoms with Crippen molar-refractivity contribution in [1.29, 1.82) is 0 Å². The molecule has 0 aliphatic carbocycles. The number of halogens is 3. The SMILES string of the molecule is CCC(CC)(CN)C(=O)NCCC1CCN(CC(F)(F)F)CC1. The van der Waals surface area contributed by atoms with E-state index < -0.39 is 18.1 Å². The first-order valence-electron chi connectivity index (χ1n) is 8.53. The van der Waals surface area contributed by atoms with Crippen molar-refractivity contribution < 1.29 is 18.0 Å². The molecular formula is C16H30F3N3O. The summed E-state index contributed by atoms with van der Waals surface area (Å²) in [7, 11) is 0. The van der Waals surface area contributed by atoms with Crippen LogP contribution in [0.2, 0.25) is 0 Å². The van der Waals surface area contributed by atoms with Gasteiger partial charge in [-0.1, -0.05) is 13.8 Å². The Hall–Kier alpha value is -0.820. The fourth-order valence-corrected chi connectivity index (χ4v) is 3.22. The van der Waals surface area contributed by atoms with Crippen LogP contribution in [0.5, 0.6) is 0 Å². The molecule has 0 saturated carbocycles. The van der Waals surface area contributed by atoms with Crippen LogP contribution in [0, 0.1) is 11.3 Å². The Morgan fingerprint density at radius 3 is 2.22 bits per heavy atom. The lowest BCUT2D eigenvalue weighted by molar-refractivity contribution is -0.148. The summed E-state index contributed by atoms with van der Waals surface area (Å²) in [6.45, 7) is 4.98. The molecule has 1 heterocycles. The van der Waals surface area contributed by atoms with Gasteiger partial charge in [0.15, 0.2) is 0 Å². The van der Waals surface area contributed by atoms with Gasteiger partial charge in [-0.3, -0.25) is 9.69 Å². The molecule has 1 saturated heterocycles. The minimum Gasteiger partial charge on any atom is -0.356 e. The van der Waals surface area contributed by atoms with E-state index in [1.807, 2.05) is 13.8 Å². The lowest BCUT2D eigenvalue weighted by atomic mass is 9.81. The number of hydrogen-bond donors (Lipinski definition) is 2. The molecule has 1 fully saturated rings. The first-order valence-corrected chi connectivity index (χ1v) is 8.53. The maximum Gasteiger partial charge on any atom is 0.401 e. The Kier molecular flexibility index (Phi) is 7.80. The number of piperidine rings is 1. The second-order valence-electron chi connectivity index (χ2n) is 6.57. The number of amides is 1. The number of carbonyl (C=O) groups excluding carboxylic acids is 1. The lowest BCUT2D eigenvalue weighted by Crippen LogP contribution is -2.46. The molecule has 136 valence electrons. The van der Waals surface area contributed by atoms with Crippen LogP contribution >= 0.6 is 0 Å². The molecule has 0 bridgehead atoms. The second-order valence-corrected chi connectivity index (χ2v) is 6.57. The van der Waals surface area contributed by atoms with Gasteiger partial charge in [0.2, 0.25) is 5.91 Å². The zero-order valence-electron chi connectivity index (χ0n) is 14.2. The third-order valence-corrected chi connectivity index (χ3v) is 5.17. The molecule has 0 atom stereocenters. The summed E-state index contributed by atoms with van der Waals surface area (Å²) in [5.74, 6) is 0.384. The number of alkyl halides is 3. The van der Waals surface area contributed by atoms with E-state index in [1.165, 1.54) is 4.90 Å². The van der Waals surface area contributed by atoms with E-state index in [2.05, 4.69) is 5.32 Å². The van der Waals surface area contributed by atoms with Crippen molar-refractivity contribution in [2.24, 2.45) is 17.1 Å². The average Bonchev–Trinajstić information content (AvgIpc) is 2.50. The van der Waals surface area contributed by atoms with Gasteiger partial charge in [0.05, 0.1) is 12.0 Å². The minimum atomic E-state index is -4.12. The predicted molar refractivity (Wildman–Crippen MR) is 84.9 cm³/mol. The summed E-state index contributed by atoms with van der Waals surface area (Å²) < 4.78 is 37.0. The molecule has 7 heteroatoms. The fourth-order valence-electron chi connectivity index (χ4n) is 3.22. The zero-order chi connectivity index (χ0) is 17.5. The molecule has 1 aliphatic heterocycles. The van der Waals surface area contributed by atoms with Gasteiger partial charge in [-0.25, -0.2) is 0 Å². The molecule has 1 amide bonds. The maximum atomic E-state index is 12.3. The van der Waals surface area contributed by atoms with Crippen LogP contribution in [0.15, 0.2) is 0 Å². The zero-order valence-corrected chi connectivity index (χ0v) is 14.2. The van der Waals surface area contributed by atoms with Crippen molar-refractivity contribution in [1.82, 2.24) is 10.2 Å². The number of nitrogens with two attached hydrogens (primary N) is 1. The highest BCUT2D eigenvalue weighted by molar-refractivity contribution is 5.82. The summed E-state index contributed by atoms with van der Waals surface area (Å²) >= 11 is 0. The van der Waals surface area contributed by atoms with Gasteiger partial charge in [0, 0.05) is 13.1 Å². The third kappa shape index (κ3) is 6.30. The largest absolute Gasteiger partial charge is 0.401 e. The Balaban J connectivity index is 2.29. The molecular weight excluding hydrogens is 307 g/mol. The van der Waals surface area contributed by atoms with Crippen molar-refractivity contribution in [2.45, 2.75) is 52.1 Å². The van der Waals surface area contributed by atoms with Gasteiger partial charge in [0.1, 0.15) is 0 Å². The van der Waals surface area contributed by atoms with Crippen molar-refractivity contribution in [3.05, 3.63) is 0 Å². The van der Waals surface area contributed by atoms with E-state index in [0.717, 1.165) is 19.3 Å². The van der Waals surface area contributed by atoms with Crippen LogP contribution in [0.3, 0.4) is 0 Å². The van der Waals surface area contributed by atoms with Crippen LogP contribution in [0.25, 0.3) is 0 Å². The average molecular weight is 337 g/mol. The van der Waals surface area contributed by atoms with E-state index in [9.17, 15) is 18.0 Å². The van der Waals surface area contributed by atoms with E-state index in [-0.39, 0.29) is 5.91 Å². The second kappa shape index (κ2) is 8.87. The third-order valence-electron chi connectivity index (χ3n) is 5.17. The standard InChI is InChI=1S/C16H30F3N3O/c1-3-15(4-2,11-20)14(23)21-8-5-13-6-9-22(10-7-13)12-16(17,18)19/h13H,3-12,20H2,1-2H3,(H,21,23). The highest BCUT2D eigenvalue weighted by Crippen LogP contribution is 2.26.